The Balaban J connectivity index is 2.08. The summed E-state index contributed by atoms with van der Waals surface area (Å²) in [7, 11) is 0. The van der Waals surface area contributed by atoms with Gasteiger partial charge in [0.15, 0.2) is 0 Å². The van der Waals surface area contributed by atoms with Gasteiger partial charge in [0.2, 0.25) is 0 Å². The zero-order valence-electron chi connectivity index (χ0n) is 12.7. The van der Waals surface area contributed by atoms with E-state index in [2.05, 4.69) is 16.4 Å². The standard InChI is InChI=1S/C17H18N4O/c1-3-21(4-2)17(22)16-10-9-15(12-19-16)20-14-7-5-13(11-18)6-8-14/h5-10,12,20H,3-4H2,1-2H3. The molecule has 2 aromatic rings. The van der Waals surface area contributed by atoms with Gasteiger partial charge in [0.05, 0.1) is 23.5 Å². The van der Waals surface area contributed by atoms with E-state index in [1.165, 1.54) is 0 Å². The highest BCUT2D eigenvalue weighted by Gasteiger charge is 2.13. The highest BCUT2D eigenvalue weighted by atomic mass is 16.2. The van der Waals surface area contributed by atoms with Crippen LogP contribution in [0.25, 0.3) is 0 Å². The van der Waals surface area contributed by atoms with Crippen molar-refractivity contribution in [2.75, 3.05) is 18.4 Å². The summed E-state index contributed by atoms with van der Waals surface area (Å²) in [6.07, 6.45) is 1.63. The zero-order valence-corrected chi connectivity index (χ0v) is 12.7. The molecule has 0 fully saturated rings. The Morgan fingerprint density at radius 1 is 1.14 bits per heavy atom. The SMILES string of the molecule is CCN(CC)C(=O)c1ccc(Nc2ccc(C#N)cc2)cn1. The number of amides is 1. The Labute approximate surface area is 130 Å². The van der Waals surface area contributed by atoms with Crippen molar-refractivity contribution in [3.63, 3.8) is 0 Å². The van der Waals surface area contributed by atoms with Crippen LogP contribution in [0.4, 0.5) is 11.4 Å². The van der Waals surface area contributed by atoms with Crippen LogP contribution in [0.5, 0.6) is 0 Å². The Morgan fingerprint density at radius 3 is 2.27 bits per heavy atom. The first-order chi connectivity index (χ1) is 10.7. The maximum atomic E-state index is 12.2. The summed E-state index contributed by atoms with van der Waals surface area (Å²) >= 11 is 0. The van der Waals surface area contributed by atoms with E-state index in [1.807, 2.05) is 32.0 Å². The summed E-state index contributed by atoms with van der Waals surface area (Å²) in [5.74, 6) is -0.0603. The predicted molar refractivity (Wildman–Crippen MR) is 85.9 cm³/mol. The van der Waals surface area contributed by atoms with Crippen molar-refractivity contribution in [1.29, 1.82) is 5.26 Å². The molecule has 0 aliphatic carbocycles. The maximum Gasteiger partial charge on any atom is 0.272 e. The van der Waals surface area contributed by atoms with Gasteiger partial charge in [-0.1, -0.05) is 0 Å². The lowest BCUT2D eigenvalue weighted by molar-refractivity contribution is 0.0767. The summed E-state index contributed by atoms with van der Waals surface area (Å²) < 4.78 is 0. The van der Waals surface area contributed by atoms with Crippen LogP contribution in [0.3, 0.4) is 0 Å². The van der Waals surface area contributed by atoms with Gasteiger partial charge >= 0.3 is 0 Å². The topological polar surface area (TPSA) is 69.0 Å². The van der Waals surface area contributed by atoms with Crippen LogP contribution in [-0.4, -0.2) is 28.9 Å². The molecule has 0 aliphatic heterocycles. The van der Waals surface area contributed by atoms with E-state index in [4.69, 9.17) is 5.26 Å². The lowest BCUT2D eigenvalue weighted by Crippen LogP contribution is -2.31. The highest BCUT2D eigenvalue weighted by Crippen LogP contribution is 2.16. The number of carbonyl (C=O) groups is 1. The van der Waals surface area contributed by atoms with Crippen molar-refractivity contribution in [3.05, 3.63) is 53.9 Å². The molecule has 1 amide bonds. The molecule has 0 bridgehead atoms. The molecule has 0 spiro atoms. The molecule has 0 radical (unpaired) electrons. The van der Waals surface area contributed by atoms with Crippen LogP contribution in [-0.2, 0) is 0 Å². The molecule has 0 unspecified atom stereocenters. The van der Waals surface area contributed by atoms with Crippen molar-refractivity contribution in [3.8, 4) is 6.07 Å². The Morgan fingerprint density at radius 2 is 1.77 bits per heavy atom. The number of nitriles is 1. The van der Waals surface area contributed by atoms with Crippen LogP contribution in [0.1, 0.15) is 29.9 Å². The van der Waals surface area contributed by atoms with Crippen LogP contribution in [0.15, 0.2) is 42.6 Å². The molecule has 112 valence electrons. The molecule has 5 heteroatoms. The fraction of sp³-hybridized carbons (Fsp3) is 0.235. The molecule has 0 saturated carbocycles. The van der Waals surface area contributed by atoms with Crippen LogP contribution < -0.4 is 5.32 Å². The number of rotatable bonds is 5. The quantitative estimate of drug-likeness (QED) is 0.919. The van der Waals surface area contributed by atoms with Gasteiger partial charge < -0.3 is 10.2 Å². The van der Waals surface area contributed by atoms with E-state index >= 15 is 0 Å². The minimum absolute atomic E-state index is 0.0603. The van der Waals surface area contributed by atoms with Gasteiger partial charge in [0, 0.05) is 18.8 Å². The number of aromatic nitrogens is 1. The van der Waals surface area contributed by atoms with E-state index in [1.54, 1.807) is 29.3 Å². The van der Waals surface area contributed by atoms with Gasteiger partial charge in [0.1, 0.15) is 5.69 Å². The number of hydrogen-bond acceptors (Lipinski definition) is 4. The molecule has 22 heavy (non-hydrogen) atoms. The summed E-state index contributed by atoms with van der Waals surface area (Å²) in [5, 5.41) is 12.0. The number of benzene rings is 1. The van der Waals surface area contributed by atoms with Gasteiger partial charge in [0.25, 0.3) is 5.91 Å². The molecule has 2 rings (SSSR count). The molecule has 1 aromatic heterocycles. The molecule has 1 aromatic carbocycles. The van der Waals surface area contributed by atoms with Crippen molar-refractivity contribution >= 4 is 17.3 Å². The monoisotopic (exact) mass is 294 g/mol. The third kappa shape index (κ3) is 3.61. The minimum Gasteiger partial charge on any atom is -0.354 e. The summed E-state index contributed by atoms with van der Waals surface area (Å²) in [6, 6.07) is 12.8. The second-order valence-electron chi connectivity index (χ2n) is 4.72. The average molecular weight is 294 g/mol. The number of hydrogen-bond donors (Lipinski definition) is 1. The van der Waals surface area contributed by atoms with Crippen LogP contribution >= 0.6 is 0 Å². The van der Waals surface area contributed by atoms with Crippen LogP contribution in [0, 0.1) is 11.3 Å². The first kappa shape index (κ1) is 15.5. The third-order valence-corrected chi connectivity index (χ3v) is 3.34. The molecule has 0 aliphatic rings. The number of nitrogens with one attached hydrogen (secondary N) is 1. The third-order valence-electron chi connectivity index (χ3n) is 3.34. The van der Waals surface area contributed by atoms with E-state index in [0.29, 0.717) is 24.3 Å². The maximum absolute atomic E-state index is 12.2. The molecule has 0 atom stereocenters. The van der Waals surface area contributed by atoms with Gasteiger partial charge in [-0.2, -0.15) is 5.26 Å². The van der Waals surface area contributed by atoms with Crippen molar-refractivity contribution in [1.82, 2.24) is 9.88 Å². The second kappa shape index (κ2) is 7.23. The van der Waals surface area contributed by atoms with E-state index < -0.39 is 0 Å². The van der Waals surface area contributed by atoms with Gasteiger partial charge in [-0.3, -0.25) is 4.79 Å². The molecule has 5 nitrogen and oxygen atoms in total. The lowest BCUT2D eigenvalue weighted by atomic mass is 10.2. The number of nitrogens with zero attached hydrogens (tertiary/aromatic N) is 3. The van der Waals surface area contributed by atoms with Gasteiger partial charge in [-0.15, -0.1) is 0 Å². The minimum atomic E-state index is -0.0603. The molecular weight excluding hydrogens is 276 g/mol. The normalized spacial score (nSPS) is 9.86. The Kier molecular flexibility index (Phi) is 5.10. The van der Waals surface area contributed by atoms with Crippen molar-refractivity contribution < 1.29 is 4.79 Å². The Hall–Kier alpha value is -2.87. The molecular formula is C17H18N4O. The lowest BCUT2D eigenvalue weighted by Gasteiger charge is -2.18. The summed E-state index contributed by atoms with van der Waals surface area (Å²) in [5.41, 5.74) is 2.71. The molecule has 1 heterocycles. The predicted octanol–water partition coefficient (Wildman–Crippen LogP) is 3.18. The summed E-state index contributed by atoms with van der Waals surface area (Å²) in [6.45, 7) is 5.23. The van der Waals surface area contributed by atoms with Crippen LogP contribution in [0.2, 0.25) is 0 Å². The van der Waals surface area contributed by atoms with E-state index in [9.17, 15) is 4.79 Å². The number of anilines is 2. The highest BCUT2D eigenvalue weighted by molar-refractivity contribution is 5.92. The Bertz CT molecular complexity index is 667. The van der Waals surface area contributed by atoms with Crippen molar-refractivity contribution in [2.45, 2.75) is 13.8 Å². The second-order valence-corrected chi connectivity index (χ2v) is 4.72. The fourth-order valence-electron chi connectivity index (χ4n) is 2.06. The summed E-state index contributed by atoms with van der Waals surface area (Å²) in [4.78, 5) is 18.1. The first-order valence-corrected chi connectivity index (χ1v) is 7.20. The zero-order chi connectivity index (χ0) is 15.9. The largest absolute Gasteiger partial charge is 0.354 e. The average Bonchev–Trinajstić information content (AvgIpc) is 2.57. The number of pyridine rings is 1. The smallest absolute Gasteiger partial charge is 0.272 e. The van der Waals surface area contributed by atoms with Gasteiger partial charge in [-0.05, 0) is 50.2 Å². The first-order valence-electron chi connectivity index (χ1n) is 7.20. The molecule has 1 N–H and O–H groups in total. The van der Waals surface area contributed by atoms with Crippen molar-refractivity contribution in [2.24, 2.45) is 0 Å². The number of carbonyl (C=O) groups excluding carboxylic acids is 1. The van der Waals surface area contributed by atoms with E-state index in [-0.39, 0.29) is 5.91 Å². The van der Waals surface area contributed by atoms with Gasteiger partial charge in [-0.25, -0.2) is 4.98 Å². The molecule has 0 saturated heterocycles. The fourth-order valence-corrected chi connectivity index (χ4v) is 2.06. The van der Waals surface area contributed by atoms with E-state index in [0.717, 1.165) is 11.4 Å².